The van der Waals surface area contributed by atoms with Gasteiger partial charge in [-0.15, -0.1) is 0 Å². The van der Waals surface area contributed by atoms with Crippen LogP contribution in [0.25, 0.3) is 0 Å². The Balaban J connectivity index is 2.02. The lowest BCUT2D eigenvalue weighted by Crippen LogP contribution is -2.44. The van der Waals surface area contributed by atoms with E-state index in [2.05, 4.69) is 19.6 Å². The third-order valence-electron chi connectivity index (χ3n) is 5.25. The third-order valence-corrected chi connectivity index (χ3v) is 8.41. The first-order valence-corrected chi connectivity index (χ1v) is 13.0. The monoisotopic (exact) mass is 382 g/mol. The Kier molecular flexibility index (Phi) is 6.20. The van der Waals surface area contributed by atoms with E-state index in [0.717, 1.165) is 18.4 Å². The van der Waals surface area contributed by atoms with Gasteiger partial charge < -0.3 is 14.2 Å². The van der Waals surface area contributed by atoms with Crippen molar-refractivity contribution in [2.24, 2.45) is 0 Å². The molecule has 1 heterocycles. The molecular formula is C20H34O5Si. The lowest BCUT2D eigenvalue weighted by molar-refractivity contribution is -0.140. The van der Waals surface area contributed by atoms with E-state index in [1.807, 2.05) is 26.8 Å². The van der Waals surface area contributed by atoms with Gasteiger partial charge in [0.1, 0.15) is 0 Å². The minimum atomic E-state index is -1.66. The van der Waals surface area contributed by atoms with Gasteiger partial charge >= 0.3 is 5.97 Å². The van der Waals surface area contributed by atoms with Crippen molar-refractivity contribution in [1.82, 2.24) is 0 Å². The zero-order chi connectivity index (χ0) is 19.8. The fraction of sp³-hybridized carbons (Fsp3) is 0.800. The van der Waals surface area contributed by atoms with Gasteiger partial charge in [-0.25, -0.2) is 0 Å². The molecule has 2 aliphatic rings. The Bertz CT molecular complexity index is 584. The second-order valence-electron chi connectivity index (χ2n) is 9.48. The topological polar surface area (TPSA) is 65.1 Å². The predicted octanol–water partition coefficient (Wildman–Crippen LogP) is 3.82. The molecule has 1 aliphatic heterocycles. The molecule has 0 N–H and O–H groups in total. The van der Waals surface area contributed by atoms with Gasteiger partial charge in [0.15, 0.2) is 5.78 Å². The average molecular weight is 383 g/mol. The smallest absolute Gasteiger partial charge is 0.305 e. The number of carbonyl (C=O) groups is 2. The molecular weight excluding hydrogens is 348 g/mol. The summed E-state index contributed by atoms with van der Waals surface area (Å²) in [6.07, 6.45) is 5.12. The number of rotatable bonds is 8. The molecule has 0 aromatic heterocycles. The summed E-state index contributed by atoms with van der Waals surface area (Å²) in [4.78, 5) is 23.8. The van der Waals surface area contributed by atoms with Crippen LogP contribution in [0.3, 0.4) is 0 Å². The summed E-state index contributed by atoms with van der Waals surface area (Å²) in [5.74, 6) is 0.000731. The first-order chi connectivity index (χ1) is 11.9. The van der Waals surface area contributed by atoms with Crippen molar-refractivity contribution in [1.29, 1.82) is 0 Å². The average Bonchev–Trinajstić information content (AvgIpc) is 3.08. The number of hydrogen-bond acceptors (Lipinski definition) is 5. The second kappa shape index (κ2) is 7.56. The zero-order valence-electron chi connectivity index (χ0n) is 17.3. The molecule has 0 aromatic carbocycles. The highest BCUT2D eigenvalue weighted by Gasteiger charge is 2.63. The number of ketones is 1. The summed E-state index contributed by atoms with van der Waals surface area (Å²) in [5.41, 5.74) is 0.594. The lowest BCUT2D eigenvalue weighted by atomic mass is 10.0. The normalized spacial score (nSPS) is 28.9. The largest absolute Gasteiger partial charge is 0.469 e. The number of Topliss-reactive ketones (excluding diaryl/α,β-unsaturated/α-hetero) is 1. The fourth-order valence-electron chi connectivity index (χ4n) is 3.79. The molecule has 6 heteroatoms. The summed E-state index contributed by atoms with van der Waals surface area (Å²) >= 11 is 0. The Morgan fingerprint density at radius 3 is 2.54 bits per heavy atom. The van der Waals surface area contributed by atoms with Crippen molar-refractivity contribution in [3.8, 4) is 0 Å². The molecule has 1 aliphatic carbocycles. The maximum atomic E-state index is 12.5. The van der Waals surface area contributed by atoms with Crippen LogP contribution in [0.1, 0.15) is 52.9 Å². The zero-order valence-corrected chi connectivity index (χ0v) is 18.3. The fourth-order valence-corrected chi connectivity index (χ4v) is 6.11. The molecule has 0 saturated carbocycles. The van der Waals surface area contributed by atoms with Gasteiger partial charge in [0.05, 0.1) is 38.2 Å². The molecule has 0 radical (unpaired) electrons. The van der Waals surface area contributed by atoms with Crippen LogP contribution in [-0.2, 0) is 23.8 Å². The van der Waals surface area contributed by atoms with Crippen LogP contribution >= 0.6 is 0 Å². The second-order valence-corrected chi connectivity index (χ2v) is 14.8. The van der Waals surface area contributed by atoms with Crippen molar-refractivity contribution in [3.05, 3.63) is 11.6 Å². The van der Waals surface area contributed by atoms with E-state index in [0.29, 0.717) is 19.3 Å². The summed E-state index contributed by atoms with van der Waals surface area (Å²) in [7, 11) is -0.247. The lowest BCUT2D eigenvalue weighted by Gasteiger charge is -2.27. The maximum Gasteiger partial charge on any atom is 0.305 e. The van der Waals surface area contributed by atoms with Crippen LogP contribution in [0.5, 0.6) is 0 Å². The maximum absolute atomic E-state index is 12.5. The van der Waals surface area contributed by atoms with Crippen molar-refractivity contribution in [2.75, 3.05) is 7.11 Å². The quantitative estimate of drug-likeness (QED) is 0.363. The minimum absolute atomic E-state index is 0.132. The number of carbonyl (C=O) groups excluding carboxylic acids is 2. The van der Waals surface area contributed by atoms with Crippen LogP contribution in [0.15, 0.2) is 11.6 Å². The Morgan fingerprint density at radius 2 is 2.00 bits per heavy atom. The summed E-state index contributed by atoms with van der Waals surface area (Å²) < 4.78 is 16.9. The Labute approximate surface area is 158 Å². The van der Waals surface area contributed by atoms with E-state index in [1.54, 1.807) is 0 Å². The first kappa shape index (κ1) is 21.3. The molecule has 2 rings (SSSR count). The molecule has 3 unspecified atom stereocenters. The van der Waals surface area contributed by atoms with Gasteiger partial charge in [-0.2, -0.15) is 0 Å². The molecule has 1 fully saturated rings. The van der Waals surface area contributed by atoms with Crippen molar-refractivity contribution in [3.63, 3.8) is 0 Å². The Morgan fingerprint density at radius 1 is 1.35 bits per heavy atom. The van der Waals surface area contributed by atoms with Gasteiger partial charge in [-0.05, 0) is 45.3 Å². The van der Waals surface area contributed by atoms with Crippen LogP contribution in [0.4, 0.5) is 0 Å². The molecule has 5 nitrogen and oxygen atoms in total. The van der Waals surface area contributed by atoms with Gasteiger partial charge in [-0.1, -0.05) is 19.6 Å². The van der Waals surface area contributed by atoms with Gasteiger partial charge in [0.25, 0.3) is 0 Å². The third kappa shape index (κ3) is 5.05. The SMILES string of the molecule is COC(=O)CCCC1OC1(CC1=CC(OC(C)(C)C)CC1=O)[Si](C)(C)C. The van der Waals surface area contributed by atoms with E-state index in [1.165, 1.54) is 7.11 Å². The van der Waals surface area contributed by atoms with Gasteiger partial charge in [-0.3, -0.25) is 9.59 Å². The highest BCUT2D eigenvalue weighted by molar-refractivity contribution is 6.80. The van der Waals surface area contributed by atoms with Gasteiger partial charge in [0, 0.05) is 19.3 Å². The van der Waals surface area contributed by atoms with Crippen molar-refractivity contribution in [2.45, 2.75) is 95.5 Å². The van der Waals surface area contributed by atoms with E-state index in [4.69, 9.17) is 14.2 Å². The molecule has 0 aromatic rings. The van der Waals surface area contributed by atoms with E-state index < -0.39 is 8.07 Å². The number of methoxy groups -OCH3 is 1. The predicted molar refractivity (Wildman–Crippen MR) is 104 cm³/mol. The van der Waals surface area contributed by atoms with Crippen LogP contribution in [0, 0.1) is 0 Å². The highest BCUT2D eigenvalue weighted by atomic mass is 28.3. The molecule has 26 heavy (non-hydrogen) atoms. The van der Waals surface area contributed by atoms with Crippen LogP contribution in [0.2, 0.25) is 19.6 Å². The highest BCUT2D eigenvalue weighted by Crippen LogP contribution is 2.51. The van der Waals surface area contributed by atoms with Crippen molar-refractivity contribution >= 4 is 19.8 Å². The van der Waals surface area contributed by atoms with E-state index in [9.17, 15) is 9.59 Å². The van der Waals surface area contributed by atoms with Crippen LogP contribution < -0.4 is 0 Å². The summed E-state index contributed by atoms with van der Waals surface area (Å²) in [6, 6.07) is 0. The summed E-state index contributed by atoms with van der Waals surface area (Å²) in [5, 5.41) is -0.207. The minimum Gasteiger partial charge on any atom is -0.469 e. The molecule has 148 valence electrons. The van der Waals surface area contributed by atoms with Gasteiger partial charge in [0.2, 0.25) is 0 Å². The number of hydrogen-bond donors (Lipinski definition) is 0. The molecule has 1 saturated heterocycles. The van der Waals surface area contributed by atoms with Crippen molar-refractivity contribution < 1.29 is 23.8 Å². The van der Waals surface area contributed by atoms with E-state index in [-0.39, 0.29) is 34.8 Å². The summed E-state index contributed by atoms with van der Waals surface area (Å²) in [6.45, 7) is 12.9. The standard InChI is InChI=1S/C20H34O5Si/c1-19(2,3)24-15-11-14(16(21)12-15)13-20(26(5,6)7)17(25-20)9-8-10-18(22)23-4/h11,15,17H,8-10,12-13H2,1-7H3. The Hall–Kier alpha value is -0.983. The number of epoxide rings is 1. The molecule has 0 bridgehead atoms. The molecule has 0 amide bonds. The molecule has 3 atom stereocenters. The number of ether oxygens (including phenoxy) is 3. The van der Waals surface area contributed by atoms with E-state index >= 15 is 0 Å². The number of esters is 1. The molecule has 0 spiro atoms. The first-order valence-electron chi connectivity index (χ1n) is 9.54. The van der Waals surface area contributed by atoms with Crippen LogP contribution in [-0.4, -0.2) is 50.0 Å².